The molecule has 3 aliphatic heterocycles. The van der Waals surface area contributed by atoms with Gasteiger partial charge in [0.2, 0.25) is 41.1 Å². The van der Waals surface area contributed by atoms with Gasteiger partial charge in [0.1, 0.15) is 77.8 Å². The summed E-state index contributed by atoms with van der Waals surface area (Å²) in [7, 11) is 0.661. The number of amides is 1. The van der Waals surface area contributed by atoms with Crippen LogP contribution in [-0.4, -0.2) is 157 Å². The Morgan fingerprint density at radius 1 is 0.556 bits per heavy atom. The molecule has 12 aromatic heterocycles. The molecule has 0 spiro atoms. The van der Waals surface area contributed by atoms with Crippen molar-refractivity contribution < 1.29 is 42.8 Å². The van der Waals surface area contributed by atoms with Crippen LogP contribution >= 0.6 is 68.0 Å². The van der Waals surface area contributed by atoms with Gasteiger partial charge in [0.05, 0.1) is 58.9 Å². The van der Waals surface area contributed by atoms with Gasteiger partial charge >= 0.3 is 6.09 Å². The van der Waals surface area contributed by atoms with Crippen molar-refractivity contribution in [2.75, 3.05) is 86.8 Å². The van der Waals surface area contributed by atoms with Crippen LogP contribution < -0.4 is 77.8 Å². The number of aliphatic hydroxyl groups is 2. The van der Waals surface area contributed by atoms with Crippen LogP contribution in [0.15, 0.2) is 155 Å². The number of fused-ring (bicyclic) bond motifs is 13. The topological polar surface area (TPSA) is 391 Å². The highest BCUT2D eigenvalue weighted by Gasteiger charge is 2.44. The Morgan fingerprint density at radius 3 is 1.42 bits per heavy atom. The summed E-state index contributed by atoms with van der Waals surface area (Å²) in [6.07, 6.45) is 7.30. The van der Waals surface area contributed by atoms with Crippen molar-refractivity contribution in [1.82, 2.24) is 55.2 Å². The number of alkyl carbamates (subject to hydrolysis) is 1. The van der Waals surface area contributed by atoms with Gasteiger partial charge in [-0.1, -0.05) is 112 Å². The summed E-state index contributed by atoms with van der Waals surface area (Å²) < 4.78 is 28.7. The van der Waals surface area contributed by atoms with Gasteiger partial charge < -0.3 is 80.4 Å². The van der Waals surface area contributed by atoms with E-state index in [1.54, 1.807) is 68.0 Å². The normalized spacial score (nSPS) is 13.4. The number of ether oxygens (including phenoxy) is 3. The number of oxazole rings is 2. The molecule has 0 aliphatic carbocycles. The second kappa shape index (κ2) is 35.8. The Balaban J connectivity index is 0.000000134. The molecule has 37 heteroatoms. The van der Waals surface area contributed by atoms with Crippen LogP contribution in [0.3, 0.4) is 0 Å². The van der Waals surface area contributed by atoms with E-state index in [0.717, 1.165) is 59.2 Å². The quantitative estimate of drug-likeness (QED) is 0.0121. The molecule has 0 saturated heterocycles. The predicted molar refractivity (Wildman–Crippen MR) is 508 cm³/mol. The zero-order valence-corrected chi connectivity index (χ0v) is 76.8. The van der Waals surface area contributed by atoms with Crippen molar-refractivity contribution in [3.05, 3.63) is 206 Å². The molecule has 28 nitrogen and oxygen atoms in total. The lowest BCUT2D eigenvalue weighted by molar-refractivity contribution is 0.112. The molecular weight excluding hydrogens is 1730 g/mol. The van der Waals surface area contributed by atoms with Crippen molar-refractivity contribution in [3.63, 3.8) is 0 Å². The second-order valence-corrected chi connectivity index (χ2v) is 50.4. The Hall–Kier alpha value is -12.3. The lowest BCUT2D eigenvalue weighted by Gasteiger charge is -2.19. The molecule has 1 amide bonds. The molecule has 0 atom stereocenters. The first-order chi connectivity index (χ1) is 59.8. The maximum atomic E-state index is 12.5. The molecule has 3 aliphatic rings. The number of likely N-dealkylation sites (N-methyl/N-ethyl adjacent to an activating group) is 3. The number of thiophene rings is 6. The molecule has 15 heterocycles. The lowest BCUT2D eigenvalue weighted by atomic mass is 10.1. The Kier molecular flexibility index (Phi) is 24.6. The number of H-pyrrole nitrogens is 2. The van der Waals surface area contributed by atoms with Gasteiger partial charge in [0.15, 0.2) is 28.7 Å². The fraction of sp³-hybridized carbons (Fsp3) is 0.218. The fourth-order valence-electron chi connectivity index (χ4n) is 14.7. The summed E-state index contributed by atoms with van der Waals surface area (Å²) in [6, 6.07) is 46.4. The molecule has 0 bridgehead atoms. The predicted octanol–water partition coefficient (Wildman–Crippen LogP) is 13.4. The van der Waals surface area contributed by atoms with E-state index >= 15 is 0 Å². The van der Waals surface area contributed by atoms with Crippen LogP contribution in [0.2, 0.25) is 39.3 Å². The van der Waals surface area contributed by atoms with Crippen molar-refractivity contribution in [3.8, 4) is 47.1 Å². The number of aromatic nitrogens is 10. The van der Waals surface area contributed by atoms with Crippen LogP contribution in [0.4, 0.5) is 31.7 Å². The molecule has 19 rings (SSSR count). The number of benzene rings is 4. The number of para-hydroxylation sites is 4. The van der Waals surface area contributed by atoms with Gasteiger partial charge in [-0.2, -0.15) is 25.2 Å². The van der Waals surface area contributed by atoms with Gasteiger partial charge in [-0.05, 0) is 126 Å². The average Bonchev–Trinajstić information content (AvgIpc) is 1.57. The number of nitrogens with two attached hydrogens (primary N) is 3. The number of carbonyl (C=O) groups excluding carboxylic acids is 2. The number of hydrogen-bond donors (Lipinski definition) is 8. The number of carbonyl (C=O) groups is 2. The molecule has 0 saturated carbocycles. The van der Waals surface area contributed by atoms with Gasteiger partial charge in [0, 0.05) is 86.3 Å². The van der Waals surface area contributed by atoms with E-state index in [2.05, 4.69) is 156 Å². The third kappa shape index (κ3) is 17.4. The largest absolute Gasteiger partial charge is 0.471 e. The van der Waals surface area contributed by atoms with Crippen LogP contribution in [0.25, 0.3) is 102 Å². The number of imidazole rings is 2. The first kappa shape index (κ1) is 85.2. The Labute approximate surface area is 739 Å². The first-order valence-electron chi connectivity index (χ1n) is 39.4. The summed E-state index contributed by atoms with van der Waals surface area (Å²) in [6.45, 7) is 25.8. The second-order valence-electron chi connectivity index (χ2n) is 31.0. The van der Waals surface area contributed by atoms with E-state index in [1.807, 2.05) is 130 Å². The number of nitrogen functional groups attached to an aromatic ring is 2. The standard InChI is InChI=1S/C37H33N9O4S2Si.C23H21N3O2S2Si.C14H17NO2S2Si.C13H14N6O/c1-46(12-13-48-37(47)40-18-21-8-10-22(11-9-21)19-49-35-30-33(42-20-41-30)44-36(39)45-35)29-16-28-32(52-29)31-27(53(28,2)3)15-24(51-31)14-23(17-38)34-43-25-6-4-5-7-26(25)50-34;1-24-16(23-25-15-7-5-6-8-17(15)28-23)11-14-12-18-21(29-14)22-19(31(18,3)4)13-20(30-22)26(2)9-10-27;1-15(4-5-16)12-7-11-14(19-12)13-10(20(11,2)3)6-9(8-17)18-13;14-5-8-1-3-9(4-2-8)6-20-12-10-11(17-7-16-10)18-13(15)19-12/h4-11,14-16,20H,12-13,18-19H2,1-3H3,(H,40,47)(H3,39,41,42,44,45);5-8,11-13,27H,9-10H2,2-4H3;6-8,16H,4-5H2,1-3H3;1-4,7H,5-6,14H2,(H3,15,16,17,18,19)/b23-14-;16-11-;;. The highest BCUT2D eigenvalue weighted by molar-refractivity contribution is 7.32. The van der Waals surface area contributed by atoms with Gasteiger partial charge in [-0.15, -0.1) is 68.0 Å². The van der Waals surface area contributed by atoms with Gasteiger partial charge in [0.25, 0.3) is 0 Å². The number of aliphatic hydroxyl groups excluding tert-OH is 2. The van der Waals surface area contributed by atoms with Crippen LogP contribution in [0.1, 0.15) is 53.5 Å². The lowest BCUT2D eigenvalue weighted by Crippen LogP contribution is -2.48. The first-order valence-corrected chi connectivity index (χ1v) is 53.3. The summed E-state index contributed by atoms with van der Waals surface area (Å²) >= 11 is 10.4. The molecule has 0 radical (unpaired) electrons. The molecule has 16 aromatic rings. The molecular formula is C87H85N19O9S6Si3. The number of nitriles is 1. The van der Waals surface area contributed by atoms with E-state index in [9.17, 15) is 20.0 Å². The molecule has 0 fully saturated rings. The van der Waals surface area contributed by atoms with Gasteiger partial charge in [-0.3, -0.25) is 4.79 Å². The van der Waals surface area contributed by atoms with E-state index in [4.69, 9.17) is 51.9 Å². The highest BCUT2D eigenvalue weighted by Crippen LogP contribution is 2.46. The summed E-state index contributed by atoms with van der Waals surface area (Å²) in [5.41, 5.74) is 26.7. The third-order valence-electron chi connectivity index (χ3n) is 21.7. The van der Waals surface area contributed by atoms with E-state index in [-0.39, 0.29) is 38.3 Å². The summed E-state index contributed by atoms with van der Waals surface area (Å²) in [5, 5.41) is 43.2. The maximum Gasteiger partial charge on any atom is 0.407 e. The van der Waals surface area contributed by atoms with E-state index < -0.39 is 30.3 Å². The number of rotatable bonds is 24. The van der Waals surface area contributed by atoms with Crippen LogP contribution in [0.5, 0.6) is 11.8 Å². The molecule has 11 N–H and O–H groups in total. The van der Waals surface area contributed by atoms with Crippen LogP contribution in [-0.2, 0) is 31.0 Å². The summed E-state index contributed by atoms with van der Waals surface area (Å²) in [4.78, 5) is 83.7. The average molecular weight is 1820 g/mol. The fourth-order valence-corrected chi connectivity index (χ4v) is 36.0. The molecule has 124 heavy (non-hydrogen) atoms. The SMILES string of the molecule is CN(CCO)c1cc2c(s1)-c1sc(C=O)cc1[Si]2(C)C.CN(CCOC(=O)NCc1ccc(COc2nc(N)nc3nc[nH]c23)cc1)c1cc2c(s1)-c1sc(/C=C(/C#N)c3nc4ccccc4o3)cc1[Si]2(C)C.NCc1ccc(COc2nc(N)nc3nc[nH]c23)cc1.[C-]#[N+]/C(=C\c1cc2c(s1)-c1sc(N(C)CCO)cc1[Si]2(C)C)c1nc2ccccc2o1. The smallest absolute Gasteiger partial charge is 0.407 e. The van der Waals surface area contributed by atoms with Gasteiger partial charge in [-0.25, -0.2) is 29.6 Å². The van der Waals surface area contributed by atoms with Crippen molar-refractivity contribution >= 4 is 231 Å². The molecule has 4 aromatic carbocycles. The Bertz CT molecular complexity index is 6770. The molecule has 0 unspecified atom stereocenters. The zero-order valence-electron chi connectivity index (χ0n) is 68.9. The number of hydrogen-bond acceptors (Lipinski definition) is 30. The number of nitrogens with one attached hydrogen (secondary N) is 3. The minimum Gasteiger partial charge on any atom is -0.471 e. The van der Waals surface area contributed by atoms with Crippen LogP contribution in [0, 0.1) is 17.9 Å². The molecule has 630 valence electrons. The van der Waals surface area contributed by atoms with E-state index in [0.29, 0.717) is 108 Å². The van der Waals surface area contributed by atoms with Crippen molar-refractivity contribution in [1.29, 1.82) is 5.26 Å². The Morgan fingerprint density at radius 2 is 0.968 bits per heavy atom. The number of aldehydes is 1. The van der Waals surface area contributed by atoms with Crippen molar-refractivity contribution in [2.45, 2.75) is 65.6 Å². The van der Waals surface area contributed by atoms with E-state index in [1.165, 1.54) is 83.0 Å². The monoisotopic (exact) mass is 1820 g/mol. The number of aromatic amines is 2. The highest BCUT2D eigenvalue weighted by atomic mass is 32.1. The third-order valence-corrected chi connectivity index (χ3v) is 40.7. The number of nitrogens with zero attached hydrogens (tertiary/aromatic N) is 13. The number of allylic oxidation sites excluding steroid dienone is 1. The number of anilines is 5. The maximum absolute atomic E-state index is 12.5. The van der Waals surface area contributed by atoms with Crippen molar-refractivity contribution in [2.24, 2.45) is 5.73 Å². The summed E-state index contributed by atoms with van der Waals surface area (Å²) in [5.74, 6) is 1.65. The minimum atomic E-state index is -1.95. The minimum absolute atomic E-state index is 0.0898. The zero-order chi connectivity index (χ0) is 86.9.